The van der Waals surface area contributed by atoms with E-state index < -0.39 is 11.7 Å². The fourth-order valence-electron chi connectivity index (χ4n) is 4.05. The van der Waals surface area contributed by atoms with Crippen molar-refractivity contribution in [3.63, 3.8) is 0 Å². The Morgan fingerprint density at radius 1 is 0.968 bits per heavy atom. The molecule has 3 amide bonds. The zero-order valence-electron chi connectivity index (χ0n) is 17.5. The van der Waals surface area contributed by atoms with Crippen LogP contribution < -0.4 is 10.2 Å². The summed E-state index contributed by atoms with van der Waals surface area (Å²) in [6.45, 7) is 4.97. The quantitative estimate of drug-likeness (QED) is 0.763. The highest BCUT2D eigenvalue weighted by Gasteiger charge is 2.42. The van der Waals surface area contributed by atoms with Gasteiger partial charge in [0, 0.05) is 25.7 Å². The van der Waals surface area contributed by atoms with E-state index in [0.29, 0.717) is 47.2 Å². The van der Waals surface area contributed by atoms with Crippen molar-refractivity contribution in [2.75, 3.05) is 23.3 Å². The van der Waals surface area contributed by atoms with E-state index in [-0.39, 0.29) is 11.8 Å². The highest BCUT2D eigenvalue weighted by molar-refractivity contribution is 6.45. The Bertz CT molecular complexity index is 1050. The summed E-state index contributed by atoms with van der Waals surface area (Å²) < 4.78 is 13.5. The van der Waals surface area contributed by atoms with Crippen LogP contribution in [0.2, 0.25) is 0 Å². The van der Waals surface area contributed by atoms with Gasteiger partial charge in [-0.25, -0.2) is 9.29 Å². The first-order valence-electron chi connectivity index (χ1n) is 10.4. The second-order valence-corrected chi connectivity index (χ2v) is 8.07. The molecule has 0 aliphatic carbocycles. The number of halogens is 1. The predicted octanol–water partition coefficient (Wildman–Crippen LogP) is 3.80. The minimum absolute atomic E-state index is 0.206. The topological polar surface area (TPSA) is 69.7 Å². The largest absolute Gasteiger partial charge is 0.366 e. The first-order chi connectivity index (χ1) is 14.8. The molecule has 160 valence electrons. The molecule has 31 heavy (non-hydrogen) atoms. The maximum Gasteiger partial charge on any atom is 0.282 e. The van der Waals surface area contributed by atoms with E-state index in [1.54, 1.807) is 24.3 Å². The summed E-state index contributed by atoms with van der Waals surface area (Å²) in [5.74, 6) is -0.859. The van der Waals surface area contributed by atoms with E-state index in [1.165, 1.54) is 31.2 Å². The third kappa shape index (κ3) is 4.08. The van der Waals surface area contributed by atoms with E-state index in [4.69, 9.17) is 0 Å². The lowest BCUT2D eigenvalue weighted by atomic mass is 9.97. The first kappa shape index (κ1) is 20.8. The molecule has 0 spiro atoms. The van der Waals surface area contributed by atoms with E-state index in [2.05, 4.69) is 12.2 Å². The van der Waals surface area contributed by atoms with E-state index in [9.17, 15) is 18.8 Å². The molecular formula is C24H24FN3O3. The SMILES string of the molecule is CC(=O)Nc1ccc(N2C(=O)C(c3ccc(F)cc3)=C(N3CCC(C)CC3)C2=O)cc1. The van der Waals surface area contributed by atoms with Crippen LogP contribution in [-0.2, 0) is 14.4 Å². The standard InChI is InChI=1S/C24H24FN3O3/c1-15-11-13-27(14-12-15)22-21(17-3-5-18(25)6-4-17)23(30)28(24(22)31)20-9-7-19(8-10-20)26-16(2)29/h3-10,15H,11-14H2,1-2H3,(H,26,29). The number of piperidine rings is 1. The average Bonchev–Trinajstić information content (AvgIpc) is 3.00. The molecule has 1 saturated heterocycles. The minimum Gasteiger partial charge on any atom is -0.366 e. The van der Waals surface area contributed by atoms with Crippen LogP contribution in [-0.4, -0.2) is 35.7 Å². The zero-order chi connectivity index (χ0) is 22.1. The number of benzene rings is 2. The molecule has 2 aromatic rings. The van der Waals surface area contributed by atoms with Gasteiger partial charge in [0.1, 0.15) is 11.5 Å². The smallest absolute Gasteiger partial charge is 0.282 e. The number of likely N-dealkylation sites (tertiary alicyclic amines) is 1. The van der Waals surface area contributed by atoms with Crippen molar-refractivity contribution < 1.29 is 18.8 Å². The molecule has 0 aromatic heterocycles. The van der Waals surface area contributed by atoms with Crippen molar-refractivity contribution in [3.8, 4) is 0 Å². The predicted molar refractivity (Wildman–Crippen MR) is 117 cm³/mol. The molecule has 2 aliphatic rings. The average molecular weight is 421 g/mol. The maximum atomic E-state index is 13.5. The highest BCUT2D eigenvalue weighted by Crippen LogP contribution is 2.36. The van der Waals surface area contributed by atoms with Gasteiger partial charge in [0.15, 0.2) is 0 Å². The molecule has 0 bridgehead atoms. The zero-order valence-corrected chi connectivity index (χ0v) is 17.5. The fraction of sp³-hybridized carbons (Fsp3) is 0.292. The van der Waals surface area contributed by atoms with E-state index in [0.717, 1.165) is 17.7 Å². The minimum atomic E-state index is -0.433. The molecular weight excluding hydrogens is 397 g/mol. The summed E-state index contributed by atoms with van der Waals surface area (Å²) in [4.78, 5) is 41.3. The molecule has 7 heteroatoms. The summed E-state index contributed by atoms with van der Waals surface area (Å²) in [5.41, 5.74) is 2.18. The summed E-state index contributed by atoms with van der Waals surface area (Å²) in [6, 6.07) is 12.2. The Morgan fingerprint density at radius 3 is 2.16 bits per heavy atom. The van der Waals surface area contributed by atoms with E-state index in [1.807, 2.05) is 4.90 Å². The van der Waals surface area contributed by atoms with Crippen molar-refractivity contribution in [2.45, 2.75) is 26.7 Å². The third-order valence-corrected chi connectivity index (χ3v) is 5.74. The third-order valence-electron chi connectivity index (χ3n) is 5.74. The number of hydrogen-bond acceptors (Lipinski definition) is 4. The van der Waals surface area contributed by atoms with Gasteiger partial charge in [-0.15, -0.1) is 0 Å². The number of amides is 3. The van der Waals surface area contributed by atoms with Crippen molar-refractivity contribution in [1.29, 1.82) is 0 Å². The number of imide groups is 1. The summed E-state index contributed by atoms with van der Waals surface area (Å²) in [7, 11) is 0. The van der Waals surface area contributed by atoms with Crippen LogP contribution in [0.15, 0.2) is 54.2 Å². The Balaban J connectivity index is 1.73. The number of hydrogen-bond donors (Lipinski definition) is 1. The number of nitrogens with zero attached hydrogens (tertiary/aromatic N) is 2. The summed E-state index contributed by atoms with van der Waals surface area (Å²) in [6.07, 6.45) is 1.88. The Labute approximate surface area is 180 Å². The van der Waals surface area contributed by atoms with Gasteiger partial charge in [-0.05, 0) is 60.7 Å². The second kappa shape index (κ2) is 8.34. The molecule has 0 unspecified atom stereocenters. The molecule has 1 N–H and O–H groups in total. The molecule has 0 radical (unpaired) electrons. The van der Waals surface area contributed by atoms with Crippen molar-refractivity contribution >= 4 is 34.7 Å². The van der Waals surface area contributed by atoms with Crippen LogP contribution in [0.3, 0.4) is 0 Å². The number of rotatable bonds is 4. The molecule has 1 fully saturated rings. The Kier molecular flexibility index (Phi) is 5.59. The lowest BCUT2D eigenvalue weighted by Crippen LogP contribution is -2.38. The van der Waals surface area contributed by atoms with Gasteiger partial charge in [-0.3, -0.25) is 14.4 Å². The lowest BCUT2D eigenvalue weighted by Gasteiger charge is -2.32. The van der Waals surface area contributed by atoms with Crippen LogP contribution in [0.1, 0.15) is 32.3 Å². The highest BCUT2D eigenvalue weighted by atomic mass is 19.1. The molecule has 2 aromatic carbocycles. The maximum absolute atomic E-state index is 13.5. The molecule has 2 aliphatic heterocycles. The molecule has 0 atom stereocenters. The second-order valence-electron chi connectivity index (χ2n) is 8.07. The van der Waals surface area contributed by atoms with Crippen LogP contribution in [0.5, 0.6) is 0 Å². The van der Waals surface area contributed by atoms with Crippen LogP contribution in [0.25, 0.3) is 5.57 Å². The van der Waals surface area contributed by atoms with Gasteiger partial charge >= 0.3 is 0 Å². The molecule has 2 heterocycles. The number of nitrogens with one attached hydrogen (secondary N) is 1. The lowest BCUT2D eigenvalue weighted by molar-refractivity contribution is -0.121. The Hall–Kier alpha value is -3.48. The van der Waals surface area contributed by atoms with Crippen molar-refractivity contribution in [1.82, 2.24) is 4.90 Å². The van der Waals surface area contributed by atoms with Crippen LogP contribution in [0, 0.1) is 11.7 Å². The van der Waals surface area contributed by atoms with Gasteiger partial charge in [-0.2, -0.15) is 0 Å². The van der Waals surface area contributed by atoms with Crippen molar-refractivity contribution in [2.24, 2.45) is 5.92 Å². The number of carbonyl (C=O) groups is 3. The normalized spacial score (nSPS) is 17.5. The van der Waals surface area contributed by atoms with Crippen LogP contribution >= 0.6 is 0 Å². The van der Waals surface area contributed by atoms with Gasteiger partial charge < -0.3 is 10.2 Å². The summed E-state index contributed by atoms with van der Waals surface area (Å²) in [5, 5.41) is 2.67. The monoisotopic (exact) mass is 421 g/mol. The first-order valence-corrected chi connectivity index (χ1v) is 10.4. The fourth-order valence-corrected chi connectivity index (χ4v) is 4.05. The van der Waals surface area contributed by atoms with Gasteiger partial charge in [-0.1, -0.05) is 19.1 Å². The molecule has 4 rings (SSSR count). The molecule has 0 saturated carbocycles. The summed E-state index contributed by atoms with van der Waals surface area (Å²) >= 11 is 0. The molecule has 6 nitrogen and oxygen atoms in total. The number of carbonyl (C=O) groups excluding carboxylic acids is 3. The number of anilines is 2. The van der Waals surface area contributed by atoms with Gasteiger partial charge in [0.2, 0.25) is 5.91 Å². The van der Waals surface area contributed by atoms with E-state index >= 15 is 0 Å². The van der Waals surface area contributed by atoms with Gasteiger partial charge in [0.05, 0.1) is 11.3 Å². The van der Waals surface area contributed by atoms with Crippen LogP contribution in [0.4, 0.5) is 15.8 Å². The Morgan fingerprint density at radius 2 is 1.58 bits per heavy atom. The van der Waals surface area contributed by atoms with Gasteiger partial charge in [0.25, 0.3) is 11.8 Å². The van der Waals surface area contributed by atoms with Crippen molar-refractivity contribution in [3.05, 3.63) is 65.6 Å².